The van der Waals surface area contributed by atoms with Crippen LogP contribution in [0.2, 0.25) is 0 Å². The molecule has 0 aliphatic rings. The maximum Gasteiger partial charge on any atom is 0.433 e. The van der Waals surface area contributed by atoms with Crippen LogP contribution in [0.15, 0.2) is 48.9 Å². The lowest BCUT2D eigenvalue weighted by atomic mass is 10.1. The number of nitrogens with two attached hydrogens (primary N) is 1. The number of nitrogens with one attached hydrogen (secondary N) is 1. The van der Waals surface area contributed by atoms with E-state index in [1.54, 1.807) is 12.1 Å². The number of nitrogen functional groups attached to an aromatic ring is 1. The van der Waals surface area contributed by atoms with Crippen LogP contribution in [-0.4, -0.2) is 24.6 Å². The summed E-state index contributed by atoms with van der Waals surface area (Å²) >= 11 is 0. The van der Waals surface area contributed by atoms with Crippen LogP contribution in [-0.2, 0) is 6.18 Å². The van der Waals surface area contributed by atoms with Crippen molar-refractivity contribution in [3.05, 3.63) is 66.0 Å². The van der Waals surface area contributed by atoms with Gasteiger partial charge < -0.3 is 11.1 Å². The van der Waals surface area contributed by atoms with Gasteiger partial charge in [0.2, 0.25) is 0 Å². The number of nitrogens with zero attached hydrogens (tertiary/aromatic N) is 5. The Morgan fingerprint density at radius 3 is 2.53 bits per heavy atom. The van der Waals surface area contributed by atoms with Gasteiger partial charge in [-0.05, 0) is 30.7 Å². The van der Waals surface area contributed by atoms with E-state index < -0.39 is 11.9 Å². The predicted octanol–water partition coefficient (Wildman–Crippen LogP) is 4.10. The highest BCUT2D eigenvalue weighted by atomic mass is 19.4. The van der Waals surface area contributed by atoms with Gasteiger partial charge in [0.15, 0.2) is 11.5 Å². The van der Waals surface area contributed by atoms with Crippen molar-refractivity contribution in [3.8, 4) is 11.3 Å². The summed E-state index contributed by atoms with van der Waals surface area (Å²) in [6, 6.07) is 8.12. The Balaban J connectivity index is 1.70. The lowest BCUT2D eigenvalue weighted by molar-refractivity contribution is -0.141. The summed E-state index contributed by atoms with van der Waals surface area (Å²) in [5.74, 6) is 0.0465. The van der Waals surface area contributed by atoms with Crippen molar-refractivity contribution >= 4 is 17.3 Å². The number of rotatable bonds is 4. The van der Waals surface area contributed by atoms with Crippen LogP contribution < -0.4 is 11.1 Å². The molecule has 7 nitrogen and oxygen atoms in total. The molecule has 30 heavy (non-hydrogen) atoms. The number of aromatic nitrogens is 5. The fraction of sp³-hybridized carbons (Fsp3) is 0.158. The summed E-state index contributed by atoms with van der Waals surface area (Å²) in [6.07, 6.45) is -2.21. The van der Waals surface area contributed by atoms with Gasteiger partial charge in [-0.25, -0.2) is 23.9 Å². The second-order valence-electron chi connectivity index (χ2n) is 6.55. The molecule has 0 aliphatic carbocycles. The molecule has 1 aromatic carbocycles. The van der Waals surface area contributed by atoms with E-state index in [-0.39, 0.29) is 34.6 Å². The first kappa shape index (κ1) is 19.6. The highest BCUT2D eigenvalue weighted by Gasteiger charge is 2.33. The molecule has 154 valence electrons. The quantitative estimate of drug-likeness (QED) is 0.486. The van der Waals surface area contributed by atoms with Crippen LogP contribution in [0.3, 0.4) is 0 Å². The second-order valence-corrected chi connectivity index (χ2v) is 6.55. The van der Waals surface area contributed by atoms with Gasteiger partial charge in [-0.2, -0.15) is 13.2 Å². The van der Waals surface area contributed by atoms with E-state index >= 15 is 0 Å². The molecule has 0 spiro atoms. The van der Waals surface area contributed by atoms with E-state index in [4.69, 9.17) is 5.73 Å². The molecule has 0 bridgehead atoms. The van der Waals surface area contributed by atoms with Crippen LogP contribution in [0, 0.1) is 5.82 Å². The molecule has 3 N–H and O–H groups in total. The number of anilines is 2. The van der Waals surface area contributed by atoms with E-state index in [2.05, 4.69) is 25.4 Å². The van der Waals surface area contributed by atoms with Crippen LogP contribution in [0.5, 0.6) is 0 Å². The first-order valence-corrected chi connectivity index (χ1v) is 8.79. The van der Waals surface area contributed by atoms with Gasteiger partial charge in [0.05, 0.1) is 11.3 Å². The first-order valence-electron chi connectivity index (χ1n) is 8.79. The van der Waals surface area contributed by atoms with E-state index in [1.807, 2.05) is 6.92 Å². The Morgan fingerprint density at radius 2 is 1.83 bits per heavy atom. The predicted molar refractivity (Wildman–Crippen MR) is 102 cm³/mol. The molecule has 0 saturated heterocycles. The molecule has 3 aromatic heterocycles. The van der Waals surface area contributed by atoms with Crippen LogP contribution in [0.25, 0.3) is 16.9 Å². The first-order chi connectivity index (χ1) is 14.2. The van der Waals surface area contributed by atoms with E-state index in [0.717, 1.165) is 22.3 Å². The topological polar surface area (TPSA) is 94.0 Å². The number of halogens is 4. The average Bonchev–Trinajstić information content (AvgIpc) is 3.03. The number of fused-ring (bicyclic) bond motifs is 1. The van der Waals surface area contributed by atoms with Crippen molar-refractivity contribution in [1.82, 2.24) is 24.6 Å². The van der Waals surface area contributed by atoms with Gasteiger partial charge in [-0.15, -0.1) is 5.10 Å². The van der Waals surface area contributed by atoms with Crippen molar-refractivity contribution in [3.63, 3.8) is 0 Å². The summed E-state index contributed by atoms with van der Waals surface area (Å²) < 4.78 is 53.5. The van der Waals surface area contributed by atoms with Crippen molar-refractivity contribution in [2.75, 3.05) is 11.1 Å². The Hall–Kier alpha value is -3.76. The van der Waals surface area contributed by atoms with Crippen LogP contribution >= 0.6 is 0 Å². The van der Waals surface area contributed by atoms with Gasteiger partial charge in [-0.1, -0.05) is 12.1 Å². The third kappa shape index (κ3) is 3.73. The summed E-state index contributed by atoms with van der Waals surface area (Å²) in [7, 11) is 0. The Bertz CT molecular complexity index is 1200. The van der Waals surface area contributed by atoms with Gasteiger partial charge >= 0.3 is 6.18 Å². The molecule has 1 atom stereocenters. The van der Waals surface area contributed by atoms with Crippen LogP contribution in [0.4, 0.5) is 29.2 Å². The van der Waals surface area contributed by atoms with Crippen molar-refractivity contribution in [2.45, 2.75) is 19.1 Å². The van der Waals surface area contributed by atoms with E-state index in [1.165, 1.54) is 24.5 Å². The fourth-order valence-electron chi connectivity index (χ4n) is 2.98. The molecule has 0 unspecified atom stereocenters. The molecule has 4 aromatic rings. The highest BCUT2D eigenvalue weighted by Crippen LogP contribution is 2.32. The molecule has 0 fully saturated rings. The number of benzene rings is 1. The monoisotopic (exact) mass is 417 g/mol. The zero-order chi connectivity index (χ0) is 21.5. The average molecular weight is 417 g/mol. The van der Waals surface area contributed by atoms with Gasteiger partial charge in [-0.3, -0.25) is 0 Å². The van der Waals surface area contributed by atoms with Crippen molar-refractivity contribution < 1.29 is 17.6 Å². The summed E-state index contributed by atoms with van der Waals surface area (Å²) in [5.41, 5.74) is 6.05. The second kappa shape index (κ2) is 7.25. The molecular weight excluding hydrogens is 402 g/mol. The molecule has 3 heterocycles. The number of hydrogen-bond donors (Lipinski definition) is 2. The summed E-state index contributed by atoms with van der Waals surface area (Å²) in [4.78, 5) is 11.9. The zero-order valence-electron chi connectivity index (χ0n) is 15.5. The Morgan fingerprint density at radius 1 is 1.10 bits per heavy atom. The molecule has 4 rings (SSSR count). The minimum atomic E-state index is -4.61. The molecule has 0 radical (unpaired) electrons. The molecule has 0 amide bonds. The third-order valence-corrected chi connectivity index (χ3v) is 4.46. The Labute approximate surface area is 167 Å². The Kier molecular flexibility index (Phi) is 4.72. The maximum absolute atomic E-state index is 13.1. The van der Waals surface area contributed by atoms with Gasteiger partial charge in [0, 0.05) is 18.3 Å². The third-order valence-electron chi connectivity index (χ3n) is 4.46. The largest absolute Gasteiger partial charge is 0.433 e. The van der Waals surface area contributed by atoms with Gasteiger partial charge in [0.1, 0.15) is 23.7 Å². The SMILES string of the molecule is C[C@H](Nc1cc(-c2c(N)nn3ccc(C(F)(F)F)nc23)ncn1)c1ccc(F)cc1. The fourth-order valence-corrected chi connectivity index (χ4v) is 2.98. The normalized spacial score (nSPS) is 12.8. The zero-order valence-corrected chi connectivity index (χ0v) is 15.5. The standard InChI is InChI=1S/C19H15F4N7/c1-10(11-2-4-12(20)5-3-11)27-15-8-13(25-9-26-15)16-17(24)29-30-7-6-14(19(21,22)23)28-18(16)30/h2-10H,1H3,(H2,24,29)(H,25,26,27)/t10-/m0/s1. The smallest absolute Gasteiger partial charge is 0.382 e. The summed E-state index contributed by atoms with van der Waals surface area (Å²) in [5, 5.41) is 7.15. The minimum absolute atomic E-state index is 0.0157. The minimum Gasteiger partial charge on any atom is -0.382 e. The number of hydrogen-bond acceptors (Lipinski definition) is 6. The summed E-state index contributed by atoms with van der Waals surface area (Å²) in [6.45, 7) is 1.86. The van der Waals surface area contributed by atoms with Crippen molar-refractivity contribution in [1.29, 1.82) is 0 Å². The van der Waals surface area contributed by atoms with Gasteiger partial charge in [0.25, 0.3) is 0 Å². The number of alkyl halides is 3. The highest BCUT2D eigenvalue weighted by molar-refractivity contribution is 5.85. The lowest BCUT2D eigenvalue weighted by Crippen LogP contribution is -2.09. The van der Waals surface area contributed by atoms with E-state index in [9.17, 15) is 17.6 Å². The maximum atomic E-state index is 13.1. The van der Waals surface area contributed by atoms with E-state index in [0.29, 0.717) is 5.82 Å². The molecule has 0 aliphatic heterocycles. The molecule has 0 saturated carbocycles. The molecular formula is C19H15F4N7. The lowest BCUT2D eigenvalue weighted by Gasteiger charge is -2.15. The van der Waals surface area contributed by atoms with Crippen molar-refractivity contribution in [2.24, 2.45) is 0 Å². The van der Waals surface area contributed by atoms with Crippen LogP contribution in [0.1, 0.15) is 24.2 Å². The molecule has 11 heteroatoms.